The second kappa shape index (κ2) is 10.2. The summed E-state index contributed by atoms with van der Waals surface area (Å²) < 4.78 is 31.7. The molecular formula is C18H31N3O3S. The van der Waals surface area contributed by atoms with Crippen molar-refractivity contribution in [1.29, 1.82) is 0 Å². The molecule has 142 valence electrons. The second-order valence-electron chi connectivity index (χ2n) is 6.22. The largest absolute Gasteiger partial charge is 0.379 e. The summed E-state index contributed by atoms with van der Waals surface area (Å²) in [7, 11) is -3.36. The molecule has 0 aliphatic carbocycles. The van der Waals surface area contributed by atoms with Crippen molar-refractivity contribution < 1.29 is 13.2 Å². The van der Waals surface area contributed by atoms with Gasteiger partial charge in [0.1, 0.15) is 0 Å². The molecule has 25 heavy (non-hydrogen) atoms. The van der Waals surface area contributed by atoms with Crippen molar-refractivity contribution in [3.8, 4) is 0 Å². The molecule has 1 aliphatic heterocycles. The van der Waals surface area contributed by atoms with Crippen molar-refractivity contribution in [3.05, 3.63) is 29.8 Å². The van der Waals surface area contributed by atoms with Gasteiger partial charge in [0.15, 0.2) is 0 Å². The summed E-state index contributed by atoms with van der Waals surface area (Å²) in [4.78, 5) is 2.80. The molecule has 0 radical (unpaired) electrons. The van der Waals surface area contributed by atoms with Crippen LogP contribution < -0.4 is 5.32 Å². The van der Waals surface area contributed by atoms with Crippen molar-refractivity contribution in [3.63, 3.8) is 0 Å². The highest BCUT2D eigenvalue weighted by Gasteiger charge is 2.21. The molecule has 2 rings (SSSR count). The van der Waals surface area contributed by atoms with Gasteiger partial charge in [0.25, 0.3) is 0 Å². The minimum absolute atomic E-state index is 0.368. The van der Waals surface area contributed by atoms with Crippen molar-refractivity contribution in [2.45, 2.75) is 31.7 Å². The van der Waals surface area contributed by atoms with Crippen molar-refractivity contribution >= 4 is 10.0 Å². The third-order valence-electron chi connectivity index (χ3n) is 4.53. The standard InChI is InChI=1S/C18H31N3O3S/c1-3-21(4-2)25(22,23)18-8-6-17(7-9-18)16-19-10-5-11-20-12-14-24-15-13-20/h6-9,19H,3-5,10-16H2,1-2H3. The third-order valence-corrected chi connectivity index (χ3v) is 6.59. The lowest BCUT2D eigenvalue weighted by molar-refractivity contribution is 0.0374. The monoisotopic (exact) mass is 369 g/mol. The lowest BCUT2D eigenvalue weighted by Gasteiger charge is -2.26. The molecule has 1 heterocycles. The zero-order valence-corrected chi connectivity index (χ0v) is 16.2. The fraction of sp³-hybridized carbons (Fsp3) is 0.667. The average Bonchev–Trinajstić information content (AvgIpc) is 2.63. The van der Waals surface area contributed by atoms with Crippen LogP contribution in [0.25, 0.3) is 0 Å². The van der Waals surface area contributed by atoms with E-state index in [9.17, 15) is 8.42 Å². The smallest absolute Gasteiger partial charge is 0.243 e. The quantitative estimate of drug-likeness (QED) is 0.634. The first kappa shape index (κ1) is 20.3. The summed E-state index contributed by atoms with van der Waals surface area (Å²) in [6.07, 6.45) is 1.11. The first-order valence-corrected chi connectivity index (χ1v) is 10.6. The Morgan fingerprint density at radius 3 is 2.36 bits per heavy atom. The van der Waals surface area contributed by atoms with Crippen molar-refractivity contribution in [2.24, 2.45) is 0 Å². The summed E-state index contributed by atoms with van der Waals surface area (Å²) in [6.45, 7) is 11.3. The molecular weight excluding hydrogens is 338 g/mol. The van der Waals surface area contributed by atoms with Crippen LogP contribution in [0, 0.1) is 0 Å². The van der Waals surface area contributed by atoms with E-state index in [1.807, 2.05) is 26.0 Å². The van der Waals surface area contributed by atoms with Gasteiger partial charge in [0, 0.05) is 32.7 Å². The van der Waals surface area contributed by atoms with E-state index in [0.717, 1.165) is 57.9 Å². The Morgan fingerprint density at radius 2 is 1.76 bits per heavy atom. The topological polar surface area (TPSA) is 61.9 Å². The molecule has 1 aromatic rings. The number of benzene rings is 1. The Bertz CT molecular complexity index is 594. The maximum atomic E-state index is 12.5. The predicted octanol–water partition coefficient (Wildman–Crippen LogP) is 1.53. The van der Waals surface area contributed by atoms with Gasteiger partial charge in [-0.2, -0.15) is 4.31 Å². The zero-order valence-electron chi connectivity index (χ0n) is 15.4. The van der Waals surface area contributed by atoms with Gasteiger partial charge in [-0.3, -0.25) is 4.90 Å². The van der Waals surface area contributed by atoms with Gasteiger partial charge in [-0.05, 0) is 37.2 Å². The number of morpholine rings is 1. The summed E-state index contributed by atoms with van der Waals surface area (Å²) in [5.41, 5.74) is 1.10. The number of rotatable bonds is 10. The molecule has 7 heteroatoms. The first-order chi connectivity index (χ1) is 12.1. The Morgan fingerprint density at radius 1 is 1.12 bits per heavy atom. The number of ether oxygens (including phenoxy) is 1. The maximum absolute atomic E-state index is 12.5. The van der Waals surface area contributed by atoms with Gasteiger partial charge in [-0.15, -0.1) is 0 Å². The molecule has 1 aliphatic rings. The SMILES string of the molecule is CCN(CC)S(=O)(=O)c1ccc(CNCCCN2CCOCC2)cc1. The van der Waals surface area contributed by atoms with Gasteiger partial charge in [-0.25, -0.2) is 8.42 Å². The number of hydrogen-bond donors (Lipinski definition) is 1. The molecule has 6 nitrogen and oxygen atoms in total. The van der Waals surface area contributed by atoms with Crippen LogP contribution in [-0.4, -0.2) is 70.1 Å². The Kier molecular flexibility index (Phi) is 8.32. The molecule has 0 spiro atoms. The van der Waals surface area contributed by atoms with E-state index in [1.165, 1.54) is 4.31 Å². The van der Waals surface area contributed by atoms with Crippen molar-refractivity contribution in [2.75, 3.05) is 52.5 Å². The Hall–Kier alpha value is -0.990. The Labute approximate surface area is 152 Å². The highest BCUT2D eigenvalue weighted by Crippen LogP contribution is 2.16. The minimum atomic E-state index is -3.36. The minimum Gasteiger partial charge on any atom is -0.379 e. The van der Waals surface area contributed by atoms with E-state index >= 15 is 0 Å². The van der Waals surface area contributed by atoms with E-state index in [-0.39, 0.29) is 0 Å². The van der Waals surface area contributed by atoms with E-state index < -0.39 is 10.0 Å². The van der Waals surface area contributed by atoms with Crippen LogP contribution >= 0.6 is 0 Å². The lowest BCUT2D eigenvalue weighted by Crippen LogP contribution is -2.37. The average molecular weight is 370 g/mol. The van der Waals surface area contributed by atoms with Crippen LogP contribution in [0.1, 0.15) is 25.8 Å². The van der Waals surface area contributed by atoms with Crippen molar-refractivity contribution in [1.82, 2.24) is 14.5 Å². The normalized spacial score (nSPS) is 16.4. The molecule has 0 saturated carbocycles. The van der Waals surface area contributed by atoms with E-state index in [2.05, 4.69) is 10.2 Å². The molecule has 0 amide bonds. The fourth-order valence-corrected chi connectivity index (χ4v) is 4.44. The van der Waals surface area contributed by atoms with Crippen LogP contribution in [0.15, 0.2) is 29.2 Å². The fourth-order valence-electron chi connectivity index (χ4n) is 2.98. The molecule has 1 N–H and O–H groups in total. The van der Waals surface area contributed by atoms with Crippen LogP contribution in [0.3, 0.4) is 0 Å². The second-order valence-corrected chi connectivity index (χ2v) is 8.16. The summed E-state index contributed by atoms with van der Waals surface area (Å²) in [5, 5.41) is 3.43. The molecule has 0 unspecified atom stereocenters. The van der Waals surface area contributed by atoms with Crippen LogP contribution in [0.2, 0.25) is 0 Å². The molecule has 1 saturated heterocycles. The number of sulfonamides is 1. The van der Waals surface area contributed by atoms with E-state index in [1.54, 1.807) is 12.1 Å². The molecule has 1 aromatic carbocycles. The van der Waals surface area contributed by atoms with E-state index in [4.69, 9.17) is 4.74 Å². The molecule has 0 atom stereocenters. The summed E-state index contributed by atoms with van der Waals surface area (Å²) >= 11 is 0. The maximum Gasteiger partial charge on any atom is 0.243 e. The predicted molar refractivity (Wildman–Crippen MR) is 100 cm³/mol. The van der Waals surface area contributed by atoms with Gasteiger partial charge < -0.3 is 10.1 Å². The number of hydrogen-bond acceptors (Lipinski definition) is 5. The number of nitrogens with zero attached hydrogens (tertiary/aromatic N) is 2. The van der Waals surface area contributed by atoms with Gasteiger partial charge in [-0.1, -0.05) is 26.0 Å². The zero-order chi connectivity index (χ0) is 18.1. The molecule has 0 aromatic heterocycles. The highest BCUT2D eigenvalue weighted by atomic mass is 32.2. The molecule has 0 bridgehead atoms. The lowest BCUT2D eigenvalue weighted by atomic mass is 10.2. The molecule has 1 fully saturated rings. The summed E-state index contributed by atoms with van der Waals surface area (Å²) in [5.74, 6) is 0. The van der Waals surface area contributed by atoms with E-state index in [0.29, 0.717) is 18.0 Å². The van der Waals surface area contributed by atoms with Gasteiger partial charge in [0.2, 0.25) is 10.0 Å². The van der Waals surface area contributed by atoms with Gasteiger partial charge >= 0.3 is 0 Å². The third kappa shape index (κ3) is 6.04. The van der Waals surface area contributed by atoms with Crippen LogP contribution in [-0.2, 0) is 21.3 Å². The highest BCUT2D eigenvalue weighted by molar-refractivity contribution is 7.89. The van der Waals surface area contributed by atoms with Crippen LogP contribution in [0.5, 0.6) is 0 Å². The first-order valence-electron chi connectivity index (χ1n) is 9.17. The van der Waals surface area contributed by atoms with Crippen LogP contribution in [0.4, 0.5) is 0 Å². The van der Waals surface area contributed by atoms with Gasteiger partial charge in [0.05, 0.1) is 18.1 Å². The Balaban J connectivity index is 1.74. The number of nitrogens with one attached hydrogen (secondary N) is 1. The summed E-state index contributed by atoms with van der Waals surface area (Å²) in [6, 6.07) is 7.20.